The van der Waals surface area contributed by atoms with Gasteiger partial charge >= 0.3 is 0 Å². The molecule has 9 nitrogen and oxygen atoms in total. The van der Waals surface area contributed by atoms with Crippen LogP contribution in [-0.4, -0.2) is 42.2 Å². The van der Waals surface area contributed by atoms with Gasteiger partial charge < -0.3 is 19.9 Å². The third-order valence-corrected chi connectivity index (χ3v) is 8.58. The van der Waals surface area contributed by atoms with E-state index in [4.69, 9.17) is 19.6 Å². The van der Waals surface area contributed by atoms with Crippen LogP contribution in [0.25, 0.3) is 21.6 Å². The number of benzene rings is 5. The SMILES string of the molecule is [N-]=[N+]=Nc1ccccc1C[C@@]1(C(=O)NCCc2cc(F)cc(F)c2)N=C(c2ccc(OCCCO)cc2)O[C@@H]1c1ccc(-c2ccccc2)cc1. The second-order valence-corrected chi connectivity index (χ2v) is 12.1. The van der Waals surface area contributed by atoms with Gasteiger partial charge in [-0.3, -0.25) is 4.79 Å². The average molecular weight is 688 g/mol. The Morgan fingerprint density at radius 3 is 2.27 bits per heavy atom. The first kappa shape index (κ1) is 34.8. The number of aliphatic imine (C=N–C) groups is 1. The van der Waals surface area contributed by atoms with Crippen LogP contribution < -0.4 is 10.1 Å². The van der Waals surface area contributed by atoms with E-state index in [0.717, 1.165) is 17.2 Å². The number of nitrogens with zero attached hydrogens (tertiary/aromatic N) is 4. The quantitative estimate of drug-likeness (QED) is 0.0528. The molecule has 5 aromatic carbocycles. The van der Waals surface area contributed by atoms with E-state index in [1.807, 2.05) is 54.6 Å². The fourth-order valence-electron chi connectivity index (χ4n) is 6.09. The molecule has 0 bridgehead atoms. The van der Waals surface area contributed by atoms with Crippen molar-refractivity contribution in [2.75, 3.05) is 19.8 Å². The van der Waals surface area contributed by atoms with Crippen molar-refractivity contribution in [3.8, 4) is 16.9 Å². The fourth-order valence-corrected chi connectivity index (χ4v) is 6.09. The summed E-state index contributed by atoms with van der Waals surface area (Å²) in [7, 11) is 0. The minimum atomic E-state index is -1.60. The number of carbonyl (C=O) groups excluding carboxylic acids is 1. The Morgan fingerprint density at radius 1 is 0.902 bits per heavy atom. The summed E-state index contributed by atoms with van der Waals surface area (Å²) < 4.78 is 40.2. The van der Waals surface area contributed by atoms with Crippen LogP contribution in [0.15, 0.2) is 131 Å². The van der Waals surface area contributed by atoms with E-state index in [-0.39, 0.29) is 31.9 Å². The predicted molar refractivity (Wildman–Crippen MR) is 191 cm³/mol. The average Bonchev–Trinajstić information content (AvgIpc) is 3.53. The molecule has 1 heterocycles. The van der Waals surface area contributed by atoms with E-state index >= 15 is 0 Å². The minimum absolute atomic E-state index is 0.000419. The number of amides is 1. The van der Waals surface area contributed by atoms with Crippen LogP contribution in [0.5, 0.6) is 5.75 Å². The molecule has 6 rings (SSSR count). The summed E-state index contributed by atoms with van der Waals surface area (Å²) in [4.78, 5) is 22.7. The molecule has 11 heteroatoms. The van der Waals surface area contributed by atoms with Crippen molar-refractivity contribution in [2.24, 2.45) is 10.1 Å². The summed E-state index contributed by atoms with van der Waals surface area (Å²) in [6, 6.07) is 34.9. The summed E-state index contributed by atoms with van der Waals surface area (Å²) in [5.74, 6) is -1.07. The van der Waals surface area contributed by atoms with Crippen molar-refractivity contribution in [3.63, 3.8) is 0 Å². The Hall–Kier alpha value is -6.03. The van der Waals surface area contributed by atoms with Crippen molar-refractivity contribution in [2.45, 2.75) is 30.9 Å². The van der Waals surface area contributed by atoms with E-state index in [2.05, 4.69) is 15.3 Å². The number of aliphatic hydroxyl groups excluding tert-OH is 1. The highest BCUT2D eigenvalue weighted by atomic mass is 19.1. The maximum atomic E-state index is 14.6. The van der Waals surface area contributed by atoms with Gasteiger partial charge in [0.05, 0.1) is 6.61 Å². The molecule has 51 heavy (non-hydrogen) atoms. The standard InChI is InChI=1S/C40H35F2N5O4/c41-33-23-27(24-34(42)25-33)19-20-44-39(49)40(26-32-9-4-5-10-36(32)46-47-43)37(30-13-11-29(12-14-30)28-7-2-1-3-8-28)51-38(45-40)31-15-17-35(18-16-31)50-22-6-21-48/h1-5,7-18,23-25,37,48H,6,19-22,26H2,(H,44,49)/t37-,40-/m1/s1. The number of carbonyl (C=O) groups is 1. The summed E-state index contributed by atoms with van der Waals surface area (Å²) in [6.45, 7) is 0.429. The highest BCUT2D eigenvalue weighted by Crippen LogP contribution is 2.44. The molecule has 0 unspecified atom stereocenters. The molecule has 0 aliphatic carbocycles. The van der Waals surface area contributed by atoms with Gasteiger partial charge in [0, 0.05) is 48.2 Å². The summed E-state index contributed by atoms with van der Waals surface area (Å²) in [5, 5.41) is 15.9. The molecule has 258 valence electrons. The van der Waals surface area contributed by atoms with Gasteiger partial charge in [-0.25, -0.2) is 13.8 Å². The molecule has 2 N–H and O–H groups in total. The molecule has 2 atom stereocenters. The predicted octanol–water partition coefficient (Wildman–Crippen LogP) is 8.19. The molecule has 0 spiro atoms. The molecule has 0 saturated heterocycles. The maximum absolute atomic E-state index is 14.6. The zero-order valence-electron chi connectivity index (χ0n) is 27.6. The second kappa shape index (κ2) is 16.1. The van der Waals surface area contributed by atoms with Crippen molar-refractivity contribution >= 4 is 17.5 Å². The Morgan fingerprint density at radius 2 is 1.57 bits per heavy atom. The molecular weight excluding hydrogens is 652 g/mol. The molecule has 1 amide bonds. The lowest BCUT2D eigenvalue weighted by Gasteiger charge is -2.31. The lowest BCUT2D eigenvalue weighted by molar-refractivity contribution is -0.128. The van der Waals surface area contributed by atoms with Crippen LogP contribution in [0.3, 0.4) is 0 Å². The number of rotatable bonds is 14. The zero-order valence-corrected chi connectivity index (χ0v) is 27.6. The number of nitrogens with one attached hydrogen (secondary N) is 1. The van der Waals surface area contributed by atoms with Gasteiger partial charge in [0.25, 0.3) is 5.91 Å². The topological polar surface area (TPSA) is 129 Å². The largest absolute Gasteiger partial charge is 0.494 e. The lowest BCUT2D eigenvalue weighted by Crippen LogP contribution is -2.50. The highest BCUT2D eigenvalue weighted by molar-refractivity contribution is 6.01. The molecular formula is C40H35F2N5O4. The van der Waals surface area contributed by atoms with Crippen LogP contribution in [0.2, 0.25) is 0 Å². The normalized spacial score (nSPS) is 16.5. The van der Waals surface area contributed by atoms with Crippen molar-refractivity contribution in [1.29, 1.82) is 0 Å². The Labute approximate surface area is 293 Å². The molecule has 0 radical (unpaired) electrons. The van der Waals surface area contributed by atoms with E-state index in [1.165, 1.54) is 12.1 Å². The zero-order chi connectivity index (χ0) is 35.6. The number of hydrogen-bond donors (Lipinski definition) is 2. The van der Waals surface area contributed by atoms with E-state index in [0.29, 0.717) is 46.7 Å². The maximum Gasteiger partial charge on any atom is 0.252 e. The van der Waals surface area contributed by atoms with Gasteiger partial charge in [-0.1, -0.05) is 84.0 Å². The number of ether oxygens (including phenoxy) is 2. The number of azide groups is 1. The fraction of sp³-hybridized carbons (Fsp3) is 0.200. The number of hydrogen-bond acceptors (Lipinski definition) is 6. The van der Waals surface area contributed by atoms with E-state index < -0.39 is 29.2 Å². The van der Waals surface area contributed by atoms with Gasteiger partial charge in [-0.15, -0.1) is 0 Å². The first-order chi connectivity index (χ1) is 24.9. The van der Waals surface area contributed by atoms with Crippen LogP contribution in [-0.2, 0) is 22.4 Å². The van der Waals surface area contributed by atoms with Gasteiger partial charge in [0.15, 0.2) is 11.6 Å². The second-order valence-electron chi connectivity index (χ2n) is 12.1. The summed E-state index contributed by atoms with van der Waals surface area (Å²) >= 11 is 0. The first-order valence-corrected chi connectivity index (χ1v) is 16.5. The van der Waals surface area contributed by atoms with Crippen LogP contribution in [0.4, 0.5) is 14.5 Å². The van der Waals surface area contributed by atoms with Gasteiger partial charge in [-0.2, -0.15) is 0 Å². The molecule has 0 saturated carbocycles. The minimum Gasteiger partial charge on any atom is -0.494 e. The Bertz CT molecular complexity index is 2030. The molecule has 1 aliphatic heterocycles. The number of aliphatic hydroxyl groups is 1. The molecule has 0 fully saturated rings. The third-order valence-electron chi connectivity index (χ3n) is 8.58. The third kappa shape index (κ3) is 8.24. The van der Waals surface area contributed by atoms with E-state index in [9.17, 15) is 19.1 Å². The Balaban J connectivity index is 1.41. The van der Waals surface area contributed by atoms with Crippen LogP contribution >= 0.6 is 0 Å². The van der Waals surface area contributed by atoms with E-state index in [1.54, 1.807) is 48.5 Å². The molecule has 1 aliphatic rings. The number of halogens is 2. The van der Waals surface area contributed by atoms with Gasteiger partial charge in [0.2, 0.25) is 5.90 Å². The first-order valence-electron chi connectivity index (χ1n) is 16.5. The highest BCUT2D eigenvalue weighted by Gasteiger charge is 2.53. The summed E-state index contributed by atoms with van der Waals surface area (Å²) in [5.41, 5.74) is 12.3. The van der Waals surface area contributed by atoms with Gasteiger partial charge in [-0.05, 0) is 76.2 Å². The van der Waals surface area contributed by atoms with Crippen molar-refractivity contribution in [3.05, 3.63) is 166 Å². The van der Waals surface area contributed by atoms with Crippen LogP contribution in [0, 0.1) is 11.6 Å². The summed E-state index contributed by atoms with van der Waals surface area (Å²) in [6.07, 6.45) is -0.272. The van der Waals surface area contributed by atoms with Crippen molar-refractivity contribution < 1.29 is 28.2 Å². The smallest absolute Gasteiger partial charge is 0.252 e. The Kier molecular flexibility index (Phi) is 11.0. The molecule has 0 aromatic heterocycles. The molecule has 5 aromatic rings. The van der Waals surface area contributed by atoms with Crippen LogP contribution in [0.1, 0.15) is 34.8 Å². The monoisotopic (exact) mass is 687 g/mol. The lowest BCUT2D eigenvalue weighted by atomic mass is 9.81. The van der Waals surface area contributed by atoms with Crippen molar-refractivity contribution in [1.82, 2.24) is 5.32 Å². The van der Waals surface area contributed by atoms with Gasteiger partial charge in [0.1, 0.15) is 17.4 Å².